The minimum Gasteiger partial charge on any atom is -0.245 e. The van der Waals surface area contributed by atoms with E-state index < -0.39 is 0 Å². The van der Waals surface area contributed by atoms with Crippen LogP contribution in [0.1, 0.15) is 57.1 Å². The Morgan fingerprint density at radius 2 is 1.43 bits per heavy atom. The van der Waals surface area contributed by atoms with Gasteiger partial charge < -0.3 is 0 Å². The van der Waals surface area contributed by atoms with Gasteiger partial charge in [-0.15, -0.1) is 11.3 Å². The third-order valence-corrected chi connectivity index (χ3v) is 3.55. The summed E-state index contributed by atoms with van der Waals surface area (Å²) in [6.07, 6.45) is 0. The zero-order valence-electron chi connectivity index (χ0n) is 10.4. The van der Waals surface area contributed by atoms with E-state index >= 15 is 0 Å². The van der Waals surface area contributed by atoms with Gasteiger partial charge in [0.15, 0.2) is 0 Å². The summed E-state index contributed by atoms with van der Waals surface area (Å²) >= 11 is 1.84. The van der Waals surface area contributed by atoms with Gasteiger partial charge in [0, 0.05) is 15.7 Å². The largest absolute Gasteiger partial charge is 0.245 e. The predicted molar refractivity (Wildman–Crippen MR) is 64.3 cm³/mol. The zero-order chi connectivity index (χ0) is 11.1. The second-order valence-electron chi connectivity index (χ2n) is 5.92. The van der Waals surface area contributed by atoms with E-state index in [2.05, 4.69) is 48.5 Å². The van der Waals surface area contributed by atoms with Gasteiger partial charge in [-0.25, -0.2) is 4.98 Å². The first-order valence-electron chi connectivity index (χ1n) is 5.11. The fourth-order valence-corrected chi connectivity index (χ4v) is 2.59. The molecule has 1 nitrogen and oxygen atoms in total. The maximum absolute atomic E-state index is 4.77. The fraction of sp³-hybridized carbons (Fsp3) is 0.750. The Bertz CT molecular complexity index is 323. The predicted octanol–water partition coefficient (Wildman–Crippen LogP) is 4.05. The van der Waals surface area contributed by atoms with Crippen molar-refractivity contribution in [2.75, 3.05) is 0 Å². The summed E-state index contributed by atoms with van der Waals surface area (Å²) in [5.41, 5.74) is 1.61. The van der Waals surface area contributed by atoms with Gasteiger partial charge in [-0.3, -0.25) is 0 Å². The Balaban J connectivity index is 3.19. The van der Waals surface area contributed by atoms with Crippen LogP contribution in [0.25, 0.3) is 0 Å². The summed E-state index contributed by atoms with van der Waals surface area (Å²) in [4.78, 5) is 6.13. The second kappa shape index (κ2) is 3.34. The molecule has 0 radical (unpaired) electrons. The van der Waals surface area contributed by atoms with Crippen molar-refractivity contribution in [1.82, 2.24) is 4.98 Å². The maximum atomic E-state index is 4.77. The highest BCUT2D eigenvalue weighted by atomic mass is 32.1. The van der Waals surface area contributed by atoms with E-state index in [0.717, 1.165) is 0 Å². The molecule has 0 aliphatic rings. The molecule has 0 bridgehead atoms. The molecular formula is C12H21NS. The number of aromatic nitrogens is 1. The lowest BCUT2D eigenvalue weighted by atomic mass is 9.91. The number of nitrogens with zero attached hydrogens (tertiary/aromatic N) is 1. The molecule has 0 N–H and O–H groups in total. The van der Waals surface area contributed by atoms with Crippen molar-refractivity contribution in [3.63, 3.8) is 0 Å². The van der Waals surface area contributed by atoms with Crippen LogP contribution in [0.15, 0.2) is 0 Å². The lowest BCUT2D eigenvalue weighted by molar-refractivity contribution is 0.545. The highest BCUT2D eigenvalue weighted by molar-refractivity contribution is 7.11. The highest BCUT2D eigenvalue weighted by Gasteiger charge is 2.25. The lowest BCUT2D eigenvalue weighted by Gasteiger charge is -2.17. The number of rotatable bonds is 0. The van der Waals surface area contributed by atoms with Crippen LogP contribution in [-0.4, -0.2) is 4.98 Å². The van der Waals surface area contributed by atoms with E-state index in [1.165, 1.54) is 15.6 Å². The van der Waals surface area contributed by atoms with Crippen LogP contribution >= 0.6 is 11.3 Å². The Hall–Kier alpha value is -0.370. The molecule has 0 saturated carbocycles. The molecule has 1 aromatic rings. The van der Waals surface area contributed by atoms with Gasteiger partial charge in [0.05, 0.1) is 10.7 Å². The van der Waals surface area contributed by atoms with Crippen LogP contribution in [0, 0.1) is 6.92 Å². The summed E-state index contributed by atoms with van der Waals surface area (Å²) in [7, 11) is 0. The van der Waals surface area contributed by atoms with Crippen molar-refractivity contribution in [3.05, 3.63) is 15.6 Å². The zero-order valence-corrected chi connectivity index (χ0v) is 11.2. The summed E-state index contributed by atoms with van der Waals surface area (Å²) in [5, 5.41) is 1.25. The maximum Gasteiger partial charge on any atom is 0.0984 e. The topological polar surface area (TPSA) is 12.9 Å². The molecule has 0 atom stereocenters. The standard InChI is InChI=1S/C12H21NS/c1-8-9(11(2,3)4)13-10(14-8)12(5,6)7/h1-7H3. The summed E-state index contributed by atoms with van der Waals surface area (Å²) in [6.45, 7) is 15.5. The smallest absolute Gasteiger partial charge is 0.0984 e. The molecule has 1 heterocycles. The van der Waals surface area contributed by atoms with E-state index in [4.69, 9.17) is 4.98 Å². The number of aryl methyl sites for hydroxylation is 1. The Morgan fingerprint density at radius 3 is 1.64 bits per heavy atom. The number of hydrogen-bond donors (Lipinski definition) is 0. The SMILES string of the molecule is Cc1sc(C(C)(C)C)nc1C(C)(C)C. The molecule has 80 valence electrons. The van der Waals surface area contributed by atoms with Crippen LogP contribution in [0.2, 0.25) is 0 Å². The van der Waals surface area contributed by atoms with Crippen molar-refractivity contribution in [2.45, 2.75) is 59.3 Å². The van der Waals surface area contributed by atoms with E-state index in [1.54, 1.807) is 0 Å². The van der Waals surface area contributed by atoms with E-state index in [0.29, 0.717) is 0 Å². The molecule has 0 unspecified atom stereocenters. The van der Waals surface area contributed by atoms with Crippen LogP contribution < -0.4 is 0 Å². The van der Waals surface area contributed by atoms with Crippen LogP contribution in [-0.2, 0) is 10.8 Å². The highest BCUT2D eigenvalue weighted by Crippen LogP contribution is 2.34. The monoisotopic (exact) mass is 211 g/mol. The molecule has 0 aromatic carbocycles. The molecule has 0 spiro atoms. The van der Waals surface area contributed by atoms with E-state index in [1.807, 2.05) is 11.3 Å². The van der Waals surface area contributed by atoms with Crippen molar-refractivity contribution in [1.29, 1.82) is 0 Å². The Labute approximate surface area is 91.6 Å². The van der Waals surface area contributed by atoms with Gasteiger partial charge in [0.25, 0.3) is 0 Å². The van der Waals surface area contributed by atoms with Crippen molar-refractivity contribution >= 4 is 11.3 Å². The van der Waals surface area contributed by atoms with Gasteiger partial charge in [0.2, 0.25) is 0 Å². The first-order valence-corrected chi connectivity index (χ1v) is 5.92. The van der Waals surface area contributed by atoms with Gasteiger partial charge in [-0.2, -0.15) is 0 Å². The Morgan fingerprint density at radius 1 is 0.929 bits per heavy atom. The molecule has 2 heteroatoms. The molecule has 0 aliphatic heterocycles. The number of thiazole rings is 1. The average molecular weight is 211 g/mol. The molecule has 0 saturated heterocycles. The number of hydrogen-bond acceptors (Lipinski definition) is 2. The minimum atomic E-state index is 0.171. The molecule has 0 fully saturated rings. The molecule has 1 rings (SSSR count). The molecule has 1 aromatic heterocycles. The van der Waals surface area contributed by atoms with E-state index in [-0.39, 0.29) is 10.8 Å². The third kappa shape index (κ3) is 2.35. The van der Waals surface area contributed by atoms with Gasteiger partial charge in [-0.1, -0.05) is 41.5 Å². The molecule has 0 aliphatic carbocycles. The quantitative estimate of drug-likeness (QED) is 0.631. The summed E-state index contributed by atoms with van der Waals surface area (Å²) in [6, 6.07) is 0. The summed E-state index contributed by atoms with van der Waals surface area (Å²) in [5.74, 6) is 0. The van der Waals surface area contributed by atoms with Gasteiger partial charge in [0.1, 0.15) is 0 Å². The third-order valence-electron chi connectivity index (χ3n) is 2.15. The average Bonchev–Trinajstić information content (AvgIpc) is 2.27. The van der Waals surface area contributed by atoms with Gasteiger partial charge >= 0.3 is 0 Å². The van der Waals surface area contributed by atoms with E-state index in [9.17, 15) is 0 Å². The Kier molecular flexibility index (Phi) is 2.79. The van der Waals surface area contributed by atoms with Crippen LogP contribution in [0.3, 0.4) is 0 Å². The molecule has 0 amide bonds. The summed E-state index contributed by atoms with van der Waals surface area (Å²) < 4.78 is 0. The van der Waals surface area contributed by atoms with Crippen molar-refractivity contribution in [2.24, 2.45) is 0 Å². The first kappa shape index (κ1) is 11.7. The van der Waals surface area contributed by atoms with Crippen molar-refractivity contribution < 1.29 is 0 Å². The molecular weight excluding hydrogens is 190 g/mol. The van der Waals surface area contributed by atoms with Crippen LogP contribution in [0.5, 0.6) is 0 Å². The van der Waals surface area contributed by atoms with Crippen LogP contribution in [0.4, 0.5) is 0 Å². The van der Waals surface area contributed by atoms with Gasteiger partial charge in [-0.05, 0) is 6.92 Å². The second-order valence-corrected chi connectivity index (χ2v) is 7.13. The first-order chi connectivity index (χ1) is 6.12. The molecule has 14 heavy (non-hydrogen) atoms. The normalized spacial score (nSPS) is 13.4. The fourth-order valence-electron chi connectivity index (χ4n) is 1.41. The lowest BCUT2D eigenvalue weighted by Crippen LogP contribution is -2.15. The minimum absolute atomic E-state index is 0.171. The van der Waals surface area contributed by atoms with Crippen molar-refractivity contribution in [3.8, 4) is 0 Å².